The van der Waals surface area contributed by atoms with E-state index in [-0.39, 0.29) is 5.97 Å². The molecule has 0 aliphatic heterocycles. The molecule has 2 unspecified atom stereocenters. The molecule has 0 bridgehead atoms. The highest BCUT2D eigenvalue weighted by Gasteiger charge is 2.48. The number of methoxy groups -OCH3 is 1. The van der Waals surface area contributed by atoms with Gasteiger partial charge in [-0.1, -0.05) is 20.3 Å². The maximum absolute atomic E-state index is 12.0. The monoisotopic (exact) mass is 257 g/mol. The summed E-state index contributed by atoms with van der Waals surface area (Å²) in [7, 11) is 3.32. The number of hydrogen-bond acceptors (Lipinski definition) is 4. The molecule has 0 saturated heterocycles. The van der Waals surface area contributed by atoms with Gasteiger partial charge in [0.05, 0.1) is 7.11 Å². The van der Waals surface area contributed by atoms with Gasteiger partial charge in [-0.2, -0.15) is 0 Å². The molecule has 1 rings (SSSR count). The summed E-state index contributed by atoms with van der Waals surface area (Å²) in [6.45, 7) is 5.80. The first kappa shape index (κ1) is 15.4. The second-order valence-corrected chi connectivity index (χ2v) is 5.56. The molecular formula is C14H27NO3. The van der Waals surface area contributed by atoms with Crippen molar-refractivity contribution in [2.45, 2.75) is 45.1 Å². The Bertz CT molecular complexity index is 268. The van der Waals surface area contributed by atoms with Crippen molar-refractivity contribution in [1.29, 1.82) is 0 Å². The van der Waals surface area contributed by atoms with Gasteiger partial charge in [0.2, 0.25) is 0 Å². The zero-order chi connectivity index (χ0) is 13.6. The fourth-order valence-corrected chi connectivity index (χ4v) is 2.90. The van der Waals surface area contributed by atoms with Crippen molar-refractivity contribution >= 4 is 5.97 Å². The second kappa shape index (κ2) is 7.10. The lowest BCUT2D eigenvalue weighted by molar-refractivity contribution is -0.150. The standard InChI is InChI=1S/C14H27NO3/c1-11(2)10-18-9-7-12-6-5-8-14(12,15-3)13(16)17-4/h11-12,15H,5-10H2,1-4H3. The quantitative estimate of drug-likeness (QED) is 0.559. The number of carbonyl (C=O) groups excluding carboxylic acids is 1. The number of hydrogen-bond donors (Lipinski definition) is 1. The maximum atomic E-state index is 12.0. The van der Waals surface area contributed by atoms with E-state index in [9.17, 15) is 4.79 Å². The van der Waals surface area contributed by atoms with Crippen LogP contribution in [-0.2, 0) is 14.3 Å². The zero-order valence-corrected chi connectivity index (χ0v) is 12.1. The first-order valence-corrected chi connectivity index (χ1v) is 6.92. The molecule has 106 valence electrons. The maximum Gasteiger partial charge on any atom is 0.326 e. The number of ether oxygens (including phenoxy) is 2. The van der Waals surface area contributed by atoms with E-state index < -0.39 is 5.54 Å². The van der Waals surface area contributed by atoms with Crippen molar-refractivity contribution in [2.75, 3.05) is 27.4 Å². The molecule has 18 heavy (non-hydrogen) atoms. The molecule has 1 aliphatic carbocycles. The van der Waals surface area contributed by atoms with Crippen molar-refractivity contribution in [3.63, 3.8) is 0 Å². The molecule has 4 nitrogen and oxygen atoms in total. The number of carbonyl (C=O) groups is 1. The molecular weight excluding hydrogens is 230 g/mol. The number of esters is 1. The Morgan fingerprint density at radius 3 is 2.78 bits per heavy atom. The number of likely N-dealkylation sites (N-methyl/N-ethyl adjacent to an activating group) is 1. The van der Waals surface area contributed by atoms with E-state index in [0.717, 1.165) is 38.9 Å². The Labute approximate surface area is 110 Å². The summed E-state index contributed by atoms with van der Waals surface area (Å²) in [5.41, 5.74) is -0.490. The summed E-state index contributed by atoms with van der Waals surface area (Å²) in [4.78, 5) is 12.0. The lowest BCUT2D eigenvalue weighted by Crippen LogP contribution is -2.54. The third-order valence-corrected chi connectivity index (χ3v) is 3.88. The van der Waals surface area contributed by atoms with E-state index in [1.807, 2.05) is 7.05 Å². The molecule has 0 aromatic heterocycles. The number of nitrogens with one attached hydrogen (secondary N) is 1. The van der Waals surface area contributed by atoms with Crippen LogP contribution in [0.3, 0.4) is 0 Å². The lowest BCUT2D eigenvalue weighted by Gasteiger charge is -2.32. The van der Waals surface area contributed by atoms with Crippen molar-refractivity contribution in [1.82, 2.24) is 5.32 Å². The van der Waals surface area contributed by atoms with Crippen LogP contribution >= 0.6 is 0 Å². The van der Waals surface area contributed by atoms with Gasteiger partial charge in [0, 0.05) is 13.2 Å². The van der Waals surface area contributed by atoms with Gasteiger partial charge in [-0.25, -0.2) is 0 Å². The van der Waals surface area contributed by atoms with Crippen LogP contribution in [0.4, 0.5) is 0 Å². The first-order valence-electron chi connectivity index (χ1n) is 6.92. The van der Waals surface area contributed by atoms with Crippen LogP contribution in [0.25, 0.3) is 0 Å². The fourth-order valence-electron chi connectivity index (χ4n) is 2.90. The lowest BCUT2D eigenvalue weighted by atomic mass is 9.85. The van der Waals surface area contributed by atoms with E-state index in [0.29, 0.717) is 11.8 Å². The van der Waals surface area contributed by atoms with Crippen LogP contribution < -0.4 is 5.32 Å². The molecule has 0 aromatic carbocycles. The molecule has 0 spiro atoms. The minimum Gasteiger partial charge on any atom is -0.468 e. The predicted octanol–water partition coefficient (Wildman–Crippen LogP) is 1.98. The molecule has 1 fully saturated rings. The summed E-state index contributed by atoms with van der Waals surface area (Å²) >= 11 is 0. The average molecular weight is 257 g/mol. The average Bonchev–Trinajstić information content (AvgIpc) is 2.77. The highest BCUT2D eigenvalue weighted by molar-refractivity contribution is 5.81. The van der Waals surface area contributed by atoms with Gasteiger partial charge in [0.1, 0.15) is 5.54 Å². The Balaban J connectivity index is 2.50. The van der Waals surface area contributed by atoms with Crippen LogP contribution in [0.2, 0.25) is 0 Å². The minimum absolute atomic E-state index is 0.128. The Morgan fingerprint density at radius 2 is 2.22 bits per heavy atom. The van der Waals surface area contributed by atoms with Crippen molar-refractivity contribution < 1.29 is 14.3 Å². The Hall–Kier alpha value is -0.610. The third-order valence-electron chi connectivity index (χ3n) is 3.88. The third kappa shape index (κ3) is 3.45. The Morgan fingerprint density at radius 1 is 1.50 bits per heavy atom. The topological polar surface area (TPSA) is 47.6 Å². The molecule has 1 N–H and O–H groups in total. The molecule has 0 radical (unpaired) electrons. The van der Waals surface area contributed by atoms with Gasteiger partial charge >= 0.3 is 5.97 Å². The highest BCUT2D eigenvalue weighted by atomic mass is 16.5. The normalized spacial score (nSPS) is 27.7. The van der Waals surface area contributed by atoms with Gasteiger partial charge < -0.3 is 14.8 Å². The van der Waals surface area contributed by atoms with Gasteiger partial charge in [-0.3, -0.25) is 4.79 Å². The summed E-state index contributed by atoms with van der Waals surface area (Å²) in [6.07, 6.45) is 3.93. The summed E-state index contributed by atoms with van der Waals surface area (Å²) in [5, 5.41) is 3.20. The largest absolute Gasteiger partial charge is 0.468 e. The van der Waals surface area contributed by atoms with Gasteiger partial charge in [0.15, 0.2) is 0 Å². The van der Waals surface area contributed by atoms with Gasteiger partial charge in [-0.15, -0.1) is 0 Å². The van der Waals surface area contributed by atoms with Gasteiger partial charge in [-0.05, 0) is 38.1 Å². The van der Waals surface area contributed by atoms with Crippen LogP contribution in [0.15, 0.2) is 0 Å². The minimum atomic E-state index is -0.490. The smallest absolute Gasteiger partial charge is 0.326 e. The SMILES string of the molecule is CNC1(C(=O)OC)CCCC1CCOCC(C)C. The summed E-state index contributed by atoms with van der Waals surface area (Å²) in [6, 6.07) is 0. The molecule has 1 aliphatic rings. The molecule has 0 amide bonds. The summed E-state index contributed by atoms with van der Waals surface area (Å²) in [5.74, 6) is 0.752. The van der Waals surface area contributed by atoms with Gasteiger partial charge in [0.25, 0.3) is 0 Å². The van der Waals surface area contributed by atoms with Crippen molar-refractivity contribution in [2.24, 2.45) is 11.8 Å². The highest BCUT2D eigenvalue weighted by Crippen LogP contribution is 2.38. The zero-order valence-electron chi connectivity index (χ0n) is 12.1. The van der Waals surface area contributed by atoms with Crippen molar-refractivity contribution in [3.8, 4) is 0 Å². The fraction of sp³-hybridized carbons (Fsp3) is 0.929. The second-order valence-electron chi connectivity index (χ2n) is 5.56. The van der Waals surface area contributed by atoms with Crippen LogP contribution in [-0.4, -0.2) is 38.9 Å². The summed E-state index contributed by atoms with van der Waals surface area (Å²) < 4.78 is 10.6. The van der Waals surface area contributed by atoms with E-state index in [1.54, 1.807) is 0 Å². The molecule has 0 heterocycles. The Kier molecular flexibility index (Phi) is 6.09. The van der Waals surface area contributed by atoms with E-state index in [2.05, 4.69) is 19.2 Å². The molecule has 2 atom stereocenters. The van der Waals surface area contributed by atoms with Crippen molar-refractivity contribution in [3.05, 3.63) is 0 Å². The predicted molar refractivity (Wildman–Crippen MR) is 71.4 cm³/mol. The molecule has 0 aromatic rings. The number of rotatable bonds is 7. The van der Waals surface area contributed by atoms with Crippen LogP contribution in [0, 0.1) is 11.8 Å². The van der Waals surface area contributed by atoms with E-state index in [1.165, 1.54) is 7.11 Å². The van der Waals surface area contributed by atoms with Crippen LogP contribution in [0.5, 0.6) is 0 Å². The first-order chi connectivity index (χ1) is 8.56. The van der Waals surface area contributed by atoms with Crippen LogP contribution in [0.1, 0.15) is 39.5 Å². The van der Waals surface area contributed by atoms with E-state index >= 15 is 0 Å². The van der Waals surface area contributed by atoms with E-state index in [4.69, 9.17) is 9.47 Å². The molecule has 1 saturated carbocycles. The molecule has 4 heteroatoms.